The van der Waals surface area contributed by atoms with E-state index < -0.39 is 17.2 Å². The molecule has 22 heavy (non-hydrogen) atoms. The molecule has 1 heterocycles. The average Bonchev–Trinajstić information content (AvgIpc) is 2.48. The maximum atomic E-state index is 12.8. The van der Waals surface area contributed by atoms with E-state index in [-0.39, 0.29) is 17.5 Å². The maximum Gasteiger partial charge on any atom is 0.412 e. The Labute approximate surface area is 134 Å². The van der Waals surface area contributed by atoms with Crippen LogP contribution in [0.25, 0.3) is 0 Å². The molecule has 1 rings (SSSR count). The first kappa shape index (κ1) is 18.5. The van der Waals surface area contributed by atoms with Crippen molar-refractivity contribution < 1.29 is 14.3 Å². The minimum atomic E-state index is -0.962. The van der Waals surface area contributed by atoms with Crippen LogP contribution < -0.4 is 0 Å². The van der Waals surface area contributed by atoms with Gasteiger partial charge in [0.1, 0.15) is 17.3 Å². The van der Waals surface area contributed by atoms with Crippen LogP contribution in [-0.4, -0.2) is 46.2 Å². The van der Waals surface area contributed by atoms with Gasteiger partial charge < -0.3 is 9.64 Å². The smallest absolute Gasteiger partial charge is 0.412 e. The number of carbonyl (C=O) groups excluding carboxylic acids is 2. The molecule has 2 atom stereocenters. The van der Waals surface area contributed by atoms with Gasteiger partial charge in [0.2, 0.25) is 5.91 Å². The first-order valence-electron chi connectivity index (χ1n) is 7.66. The standard InChI is InChI=1S/C17H30N2O3/c1-10-11-17(8)13(20)18(9)12(15(2,3)4)19(17)14(21)22-16(5,6)7/h10,12H,1,11H2,2-9H3/t12-,17-/m0/s1. The van der Waals surface area contributed by atoms with Crippen molar-refractivity contribution >= 4 is 12.0 Å². The molecule has 2 amide bonds. The van der Waals surface area contributed by atoms with Gasteiger partial charge in [-0.3, -0.25) is 9.69 Å². The van der Waals surface area contributed by atoms with Gasteiger partial charge >= 0.3 is 6.09 Å². The number of hydrogen-bond donors (Lipinski definition) is 0. The fourth-order valence-corrected chi connectivity index (χ4v) is 3.08. The van der Waals surface area contributed by atoms with E-state index in [1.807, 2.05) is 41.5 Å². The van der Waals surface area contributed by atoms with Gasteiger partial charge in [-0.05, 0) is 34.1 Å². The molecule has 0 aromatic carbocycles. The van der Waals surface area contributed by atoms with Crippen molar-refractivity contribution in [1.82, 2.24) is 9.80 Å². The highest BCUT2D eigenvalue weighted by Gasteiger charge is 2.58. The number of carbonyl (C=O) groups is 2. The summed E-state index contributed by atoms with van der Waals surface area (Å²) in [4.78, 5) is 28.8. The van der Waals surface area contributed by atoms with Gasteiger partial charge in [0, 0.05) is 12.5 Å². The molecular formula is C17H30N2O3. The van der Waals surface area contributed by atoms with E-state index in [2.05, 4.69) is 6.58 Å². The summed E-state index contributed by atoms with van der Waals surface area (Å²) in [6.45, 7) is 17.0. The first-order valence-corrected chi connectivity index (χ1v) is 7.66. The number of hydrogen-bond acceptors (Lipinski definition) is 3. The molecule has 0 aliphatic carbocycles. The predicted octanol–water partition coefficient (Wildman–Crippen LogP) is 3.40. The molecule has 0 aromatic heterocycles. The van der Waals surface area contributed by atoms with Crippen LogP contribution in [-0.2, 0) is 9.53 Å². The molecule has 5 nitrogen and oxygen atoms in total. The second kappa shape index (κ2) is 5.60. The van der Waals surface area contributed by atoms with Crippen LogP contribution in [0.1, 0.15) is 54.9 Å². The molecule has 1 aliphatic rings. The van der Waals surface area contributed by atoms with Crippen LogP contribution in [0.3, 0.4) is 0 Å². The summed E-state index contributed by atoms with van der Waals surface area (Å²) in [6.07, 6.45) is 1.24. The van der Waals surface area contributed by atoms with Crippen LogP contribution >= 0.6 is 0 Å². The number of nitrogens with zero attached hydrogens (tertiary/aromatic N) is 2. The number of rotatable bonds is 2. The predicted molar refractivity (Wildman–Crippen MR) is 87.3 cm³/mol. The summed E-state index contributed by atoms with van der Waals surface area (Å²) in [5, 5.41) is 0. The Morgan fingerprint density at radius 1 is 1.32 bits per heavy atom. The third-order valence-corrected chi connectivity index (χ3v) is 3.83. The van der Waals surface area contributed by atoms with Gasteiger partial charge in [-0.2, -0.15) is 0 Å². The van der Waals surface area contributed by atoms with Crippen molar-refractivity contribution in [1.29, 1.82) is 0 Å². The molecule has 5 heteroatoms. The van der Waals surface area contributed by atoms with E-state index in [1.54, 1.807) is 29.8 Å². The van der Waals surface area contributed by atoms with Gasteiger partial charge in [0.25, 0.3) is 0 Å². The summed E-state index contributed by atoms with van der Waals surface area (Å²) in [6, 6.07) is 0. The zero-order chi connectivity index (χ0) is 17.5. The van der Waals surface area contributed by atoms with Crippen molar-refractivity contribution in [3.8, 4) is 0 Å². The maximum absolute atomic E-state index is 12.8. The molecular weight excluding hydrogens is 280 g/mol. The minimum Gasteiger partial charge on any atom is -0.444 e. The zero-order valence-corrected chi connectivity index (χ0v) is 15.2. The van der Waals surface area contributed by atoms with Crippen LogP contribution in [0.2, 0.25) is 0 Å². The summed E-state index contributed by atoms with van der Waals surface area (Å²) in [5.41, 5.74) is -1.87. The topological polar surface area (TPSA) is 49.9 Å². The van der Waals surface area contributed by atoms with Gasteiger partial charge in [-0.25, -0.2) is 4.79 Å². The van der Waals surface area contributed by atoms with Crippen molar-refractivity contribution in [2.24, 2.45) is 5.41 Å². The third-order valence-electron chi connectivity index (χ3n) is 3.83. The van der Waals surface area contributed by atoms with Crippen molar-refractivity contribution in [3.63, 3.8) is 0 Å². The first-order chi connectivity index (χ1) is 9.75. The molecule has 0 bridgehead atoms. The molecule has 1 fully saturated rings. The second-order valence-corrected chi connectivity index (χ2v) is 8.27. The Hall–Kier alpha value is -1.52. The Kier molecular flexibility index (Phi) is 4.71. The molecule has 126 valence electrons. The zero-order valence-electron chi connectivity index (χ0n) is 15.2. The summed E-state index contributed by atoms with van der Waals surface area (Å²) in [7, 11) is 1.74. The van der Waals surface area contributed by atoms with Crippen LogP contribution in [0.5, 0.6) is 0 Å². The van der Waals surface area contributed by atoms with Crippen LogP contribution in [0.15, 0.2) is 12.7 Å². The lowest BCUT2D eigenvalue weighted by molar-refractivity contribution is -0.132. The van der Waals surface area contributed by atoms with E-state index >= 15 is 0 Å². The molecule has 0 spiro atoms. The Morgan fingerprint density at radius 2 is 1.82 bits per heavy atom. The quantitative estimate of drug-likeness (QED) is 0.734. The lowest BCUT2D eigenvalue weighted by Gasteiger charge is -2.41. The van der Waals surface area contributed by atoms with E-state index in [9.17, 15) is 9.59 Å². The van der Waals surface area contributed by atoms with E-state index in [0.717, 1.165) is 0 Å². The highest BCUT2D eigenvalue weighted by atomic mass is 16.6. The summed E-state index contributed by atoms with van der Waals surface area (Å²) >= 11 is 0. The van der Waals surface area contributed by atoms with E-state index in [1.165, 1.54) is 0 Å². The van der Waals surface area contributed by atoms with Crippen LogP contribution in [0.4, 0.5) is 4.79 Å². The van der Waals surface area contributed by atoms with Gasteiger partial charge in [0.15, 0.2) is 0 Å². The van der Waals surface area contributed by atoms with Gasteiger partial charge in [0.05, 0.1) is 0 Å². The van der Waals surface area contributed by atoms with Crippen molar-refractivity contribution in [2.45, 2.75) is 72.2 Å². The highest BCUT2D eigenvalue weighted by Crippen LogP contribution is 2.41. The van der Waals surface area contributed by atoms with Crippen molar-refractivity contribution in [3.05, 3.63) is 12.7 Å². The molecule has 0 unspecified atom stereocenters. The molecule has 0 N–H and O–H groups in total. The Balaban J connectivity index is 3.36. The molecule has 0 saturated carbocycles. The van der Waals surface area contributed by atoms with Crippen LogP contribution in [0, 0.1) is 5.41 Å². The monoisotopic (exact) mass is 310 g/mol. The van der Waals surface area contributed by atoms with Gasteiger partial charge in [-0.15, -0.1) is 6.58 Å². The number of amides is 2. The van der Waals surface area contributed by atoms with Gasteiger partial charge in [-0.1, -0.05) is 26.8 Å². The number of ether oxygens (including phenoxy) is 1. The summed E-state index contributed by atoms with van der Waals surface area (Å²) < 4.78 is 5.56. The third kappa shape index (κ3) is 3.28. The normalized spacial score (nSPS) is 26.4. The lowest BCUT2D eigenvalue weighted by atomic mass is 9.89. The Morgan fingerprint density at radius 3 is 2.18 bits per heavy atom. The molecule has 0 aromatic rings. The molecule has 1 saturated heterocycles. The summed E-state index contributed by atoms with van der Waals surface area (Å²) in [5.74, 6) is -0.0850. The fourth-order valence-electron chi connectivity index (χ4n) is 3.08. The minimum absolute atomic E-state index is 0.0850. The fraction of sp³-hybridized carbons (Fsp3) is 0.765. The highest BCUT2D eigenvalue weighted by molar-refractivity contribution is 5.93. The second-order valence-electron chi connectivity index (χ2n) is 8.27. The van der Waals surface area contributed by atoms with Crippen molar-refractivity contribution in [2.75, 3.05) is 7.05 Å². The SMILES string of the molecule is C=CC[C@@]1(C)C(=O)N(C)[C@H](C(C)(C)C)N1C(=O)OC(C)(C)C. The van der Waals surface area contributed by atoms with E-state index in [0.29, 0.717) is 6.42 Å². The average molecular weight is 310 g/mol. The molecule has 0 radical (unpaired) electrons. The number of likely N-dealkylation sites (N-methyl/N-ethyl adjacent to an activating group) is 1. The Bertz CT molecular complexity index is 473. The largest absolute Gasteiger partial charge is 0.444 e. The lowest BCUT2D eigenvalue weighted by Crippen LogP contribution is -2.56. The van der Waals surface area contributed by atoms with E-state index in [4.69, 9.17) is 4.74 Å². The molecule has 1 aliphatic heterocycles.